The molecule has 0 spiro atoms. The van der Waals surface area contributed by atoms with E-state index in [2.05, 4.69) is 5.43 Å². The van der Waals surface area contributed by atoms with Crippen LogP contribution in [-0.2, 0) is 4.79 Å². The fourth-order valence-corrected chi connectivity index (χ4v) is 2.11. The van der Waals surface area contributed by atoms with Crippen molar-refractivity contribution in [3.63, 3.8) is 0 Å². The normalized spacial score (nSPS) is 12.2. The number of aromatic nitrogens is 1. The van der Waals surface area contributed by atoms with Gasteiger partial charge in [-0.3, -0.25) is 14.9 Å². The second kappa shape index (κ2) is 5.71. The minimum Gasteiger partial charge on any atom is -0.329 e. The molecule has 2 rings (SSSR count). The Morgan fingerprint density at radius 2 is 1.74 bits per heavy atom. The summed E-state index contributed by atoms with van der Waals surface area (Å²) >= 11 is 0. The first-order valence-electron chi connectivity index (χ1n) is 6.34. The van der Waals surface area contributed by atoms with E-state index in [4.69, 9.17) is 5.73 Å². The van der Waals surface area contributed by atoms with Crippen LogP contribution in [-0.4, -0.2) is 17.1 Å². The molecule has 0 bridgehead atoms. The van der Waals surface area contributed by atoms with Crippen LogP contribution in [0.3, 0.4) is 0 Å². The maximum absolute atomic E-state index is 12.3. The lowest BCUT2D eigenvalue weighted by atomic mass is 9.99. The number of aryl methyl sites for hydroxylation is 2. The summed E-state index contributed by atoms with van der Waals surface area (Å²) in [6.45, 7) is 4.19. The van der Waals surface area contributed by atoms with Gasteiger partial charge in [0.15, 0.2) is 0 Å². The number of hydrogen-bond donors (Lipinski definition) is 2. The van der Waals surface area contributed by atoms with Crippen LogP contribution in [0.1, 0.15) is 22.9 Å². The minimum atomic E-state index is -0.331. The highest BCUT2D eigenvalue weighted by atomic mass is 16.2. The average Bonchev–Trinajstić information content (AvgIpc) is 2.73. The van der Waals surface area contributed by atoms with Crippen molar-refractivity contribution in [2.24, 2.45) is 5.73 Å². The molecule has 3 N–H and O–H groups in total. The first kappa shape index (κ1) is 13.4. The van der Waals surface area contributed by atoms with Crippen LogP contribution in [0.5, 0.6) is 0 Å². The Bertz CT molecular complexity index is 541. The summed E-state index contributed by atoms with van der Waals surface area (Å²) in [6, 6.07) is 13.5. The van der Waals surface area contributed by atoms with Crippen LogP contribution in [0.2, 0.25) is 0 Å². The molecule has 4 heteroatoms. The Hall–Kier alpha value is -2.07. The number of rotatable bonds is 4. The zero-order chi connectivity index (χ0) is 13.8. The van der Waals surface area contributed by atoms with Gasteiger partial charge in [-0.15, -0.1) is 0 Å². The molecule has 1 aromatic heterocycles. The van der Waals surface area contributed by atoms with Gasteiger partial charge in [-0.25, -0.2) is 0 Å². The zero-order valence-electron chi connectivity index (χ0n) is 11.3. The quantitative estimate of drug-likeness (QED) is 0.879. The van der Waals surface area contributed by atoms with Crippen molar-refractivity contribution >= 4 is 5.91 Å². The topological polar surface area (TPSA) is 60.0 Å². The Labute approximate surface area is 113 Å². The number of nitrogens with zero attached hydrogens (tertiary/aromatic N) is 1. The monoisotopic (exact) mass is 257 g/mol. The lowest BCUT2D eigenvalue weighted by molar-refractivity contribution is -0.118. The van der Waals surface area contributed by atoms with Gasteiger partial charge in [-0.2, -0.15) is 0 Å². The molecule has 1 unspecified atom stereocenters. The van der Waals surface area contributed by atoms with Crippen molar-refractivity contribution in [1.29, 1.82) is 0 Å². The molecule has 1 atom stereocenters. The molecule has 0 radical (unpaired) electrons. The van der Waals surface area contributed by atoms with Crippen molar-refractivity contribution in [2.45, 2.75) is 19.8 Å². The number of carbonyl (C=O) groups excluding carboxylic acids is 1. The number of nitrogens with one attached hydrogen (secondary N) is 1. The van der Waals surface area contributed by atoms with Crippen LogP contribution in [0, 0.1) is 13.8 Å². The predicted molar refractivity (Wildman–Crippen MR) is 76.5 cm³/mol. The van der Waals surface area contributed by atoms with Gasteiger partial charge >= 0.3 is 0 Å². The molecule has 4 nitrogen and oxygen atoms in total. The van der Waals surface area contributed by atoms with Gasteiger partial charge in [0.2, 0.25) is 5.91 Å². The van der Waals surface area contributed by atoms with Crippen molar-refractivity contribution < 1.29 is 4.79 Å². The Morgan fingerprint density at radius 3 is 2.26 bits per heavy atom. The Balaban J connectivity index is 2.19. The van der Waals surface area contributed by atoms with E-state index in [1.165, 1.54) is 0 Å². The maximum Gasteiger partial charge on any atom is 0.247 e. The molecule has 0 fully saturated rings. The minimum absolute atomic E-state index is 0.0869. The third-order valence-corrected chi connectivity index (χ3v) is 3.25. The van der Waals surface area contributed by atoms with Crippen molar-refractivity contribution in [1.82, 2.24) is 4.68 Å². The van der Waals surface area contributed by atoms with E-state index >= 15 is 0 Å². The average molecular weight is 257 g/mol. The maximum atomic E-state index is 12.3. The fourth-order valence-electron chi connectivity index (χ4n) is 2.11. The van der Waals surface area contributed by atoms with Gasteiger partial charge in [0, 0.05) is 17.9 Å². The van der Waals surface area contributed by atoms with E-state index in [1.54, 1.807) is 4.68 Å². The molecule has 1 amide bonds. The van der Waals surface area contributed by atoms with Gasteiger partial charge < -0.3 is 5.73 Å². The van der Waals surface area contributed by atoms with Gasteiger partial charge in [0.25, 0.3) is 0 Å². The molecular formula is C15H19N3O. The molecule has 19 heavy (non-hydrogen) atoms. The summed E-state index contributed by atoms with van der Waals surface area (Å²) in [5.41, 5.74) is 11.6. The van der Waals surface area contributed by atoms with E-state index < -0.39 is 0 Å². The second-order valence-electron chi connectivity index (χ2n) is 4.63. The van der Waals surface area contributed by atoms with Crippen LogP contribution in [0.25, 0.3) is 0 Å². The molecule has 0 aliphatic heterocycles. The molecule has 0 saturated carbocycles. The predicted octanol–water partition coefficient (Wildman–Crippen LogP) is 1.92. The van der Waals surface area contributed by atoms with Crippen molar-refractivity contribution in [2.75, 3.05) is 12.0 Å². The highest BCUT2D eigenvalue weighted by Crippen LogP contribution is 2.15. The molecule has 0 aliphatic carbocycles. The number of amides is 1. The van der Waals surface area contributed by atoms with Gasteiger partial charge in [-0.1, -0.05) is 30.3 Å². The third-order valence-electron chi connectivity index (χ3n) is 3.25. The summed E-state index contributed by atoms with van der Waals surface area (Å²) in [5.74, 6) is -0.418. The molecule has 0 aliphatic rings. The van der Waals surface area contributed by atoms with E-state index in [0.29, 0.717) is 0 Å². The number of carbonyl (C=O) groups is 1. The molecular weight excluding hydrogens is 238 g/mol. The van der Waals surface area contributed by atoms with E-state index in [-0.39, 0.29) is 18.4 Å². The third kappa shape index (κ3) is 2.85. The number of nitrogens with two attached hydrogens (primary N) is 1. The molecule has 0 saturated heterocycles. The Kier molecular flexibility index (Phi) is 4.02. The van der Waals surface area contributed by atoms with Crippen molar-refractivity contribution in [3.8, 4) is 0 Å². The highest BCUT2D eigenvalue weighted by molar-refractivity contribution is 5.90. The zero-order valence-corrected chi connectivity index (χ0v) is 11.3. The number of benzene rings is 1. The van der Waals surface area contributed by atoms with Crippen LogP contribution >= 0.6 is 0 Å². The molecule has 2 aromatic rings. The van der Waals surface area contributed by atoms with Crippen LogP contribution in [0.15, 0.2) is 42.5 Å². The smallest absolute Gasteiger partial charge is 0.247 e. The lowest BCUT2D eigenvalue weighted by Gasteiger charge is -2.18. The SMILES string of the molecule is Cc1ccc(C)n1NC(=O)C(CN)c1ccccc1. The first-order valence-corrected chi connectivity index (χ1v) is 6.34. The largest absolute Gasteiger partial charge is 0.329 e. The molecule has 100 valence electrons. The Morgan fingerprint density at radius 1 is 1.16 bits per heavy atom. The highest BCUT2D eigenvalue weighted by Gasteiger charge is 2.19. The summed E-state index contributed by atoms with van der Waals surface area (Å²) in [4.78, 5) is 12.3. The van der Waals surface area contributed by atoms with Crippen LogP contribution < -0.4 is 11.2 Å². The van der Waals surface area contributed by atoms with Gasteiger partial charge in [-0.05, 0) is 31.5 Å². The van der Waals surface area contributed by atoms with Gasteiger partial charge in [0.1, 0.15) is 0 Å². The van der Waals surface area contributed by atoms with E-state index in [9.17, 15) is 4.79 Å². The van der Waals surface area contributed by atoms with E-state index in [0.717, 1.165) is 17.0 Å². The number of hydrogen-bond acceptors (Lipinski definition) is 2. The molecule has 1 heterocycles. The summed E-state index contributed by atoms with van der Waals surface area (Å²) in [6.07, 6.45) is 0. The van der Waals surface area contributed by atoms with E-state index in [1.807, 2.05) is 56.3 Å². The fraction of sp³-hybridized carbons (Fsp3) is 0.267. The molecule has 1 aromatic carbocycles. The summed E-state index contributed by atoms with van der Waals surface area (Å²) in [5, 5.41) is 0. The van der Waals surface area contributed by atoms with Crippen LogP contribution in [0.4, 0.5) is 0 Å². The summed E-state index contributed by atoms with van der Waals surface area (Å²) in [7, 11) is 0. The summed E-state index contributed by atoms with van der Waals surface area (Å²) < 4.78 is 1.79. The lowest BCUT2D eigenvalue weighted by Crippen LogP contribution is -2.33. The van der Waals surface area contributed by atoms with Gasteiger partial charge in [0.05, 0.1) is 5.92 Å². The first-order chi connectivity index (χ1) is 9.13. The van der Waals surface area contributed by atoms with Crippen molar-refractivity contribution in [3.05, 3.63) is 59.4 Å². The second-order valence-corrected chi connectivity index (χ2v) is 4.63. The standard InChI is InChI=1S/C15H19N3O/c1-11-8-9-12(2)18(11)17-15(19)14(10-16)13-6-4-3-5-7-13/h3-9,14H,10,16H2,1-2H3,(H,17,19).